The van der Waals surface area contributed by atoms with E-state index >= 15 is 0 Å². The smallest absolute Gasteiger partial charge is 0.368 e. The molecule has 0 fully saturated rings. The Morgan fingerprint density at radius 3 is 2.04 bits per heavy atom. The third kappa shape index (κ3) is 10.5. The first-order chi connectivity index (χ1) is 11.5. The molecule has 2 unspecified atom stereocenters. The maximum atomic E-state index is 11.1. The lowest BCUT2D eigenvalue weighted by Crippen LogP contribution is -2.38. The van der Waals surface area contributed by atoms with Gasteiger partial charge in [-0.25, -0.2) is 8.37 Å². The molecule has 0 amide bonds. The molecule has 0 radical (unpaired) electrons. The maximum Gasteiger partial charge on any atom is 0.397 e. The fraction of sp³-hybridized carbons (Fsp3) is 0.571. The van der Waals surface area contributed by atoms with Crippen molar-refractivity contribution >= 4 is 20.8 Å². The van der Waals surface area contributed by atoms with Crippen LogP contribution in [0.25, 0.3) is 0 Å². The second kappa shape index (κ2) is 9.57. The van der Waals surface area contributed by atoms with Crippen LogP contribution in [0.4, 0.5) is 0 Å². The Morgan fingerprint density at radius 2 is 1.56 bits per heavy atom. The van der Waals surface area contributed by atoms with Crippen LogP contribution in [0.15, 0.2) is 30.3 Å². The van der Waals surface area contributed by atoms with Crippen molar-refractivity contribution in [3.8, 4) is 0 Å². The van der Waals surface area contributed by atoms with Gasteiger partial charge in [-0.2, -0.15) is 16.8 Å². The topological polar surface area (TPSA) is 136 Å². The number of rotatable bonds is 11. The molecule has 2 atom stereocenters. The largest absolute Gasteiger partial charge is 0.397 e. The number of ether oxygens (including phenoxy) is 1. The Balaban J connectivity index is 2.93. The molecule has 0 aliphatic heterocycles. The van der Waals surface area contributed by atoms with Crippen molar-refractivity contribution in [2.75, 3.05) is 6.61 Å². The van der Waals surface area contributed by atoms with Crippen molar-refractivity contribution in [2.45, 2.75) is 39.1 Å². The third-order valence-electron chi connectivity index (χ3n) is 3.05. The Kier molecular flexibility index (Phi) is 8.41. The zero-order chi connectivity index (χ0) is 19.1. The molecule has 1 aromatic rings. The lowest BCUT2D eigenvalue weighted by molar-refractivity contribution is -0.0630. The molecule has 0 aliphatic rings. The van der Waals surface area contributed by atoms with Crippen LogP contribution in [0.1, 0.15) is 25.8 Å². The van der Waals surface area contributed by atoms with Crippen LogP contribution in [0.2, 0.25) is 0 Å². The van der Waals surface area contributed by atoms with Crippen LogP contribution in [-0.4, -0.2) is 44.8 Å². The van der Waals surface area contributed by atoms with E-state index < -0.39 is 39.6 Å². The molecule has 2 N–H and O–H groups in total. The molecular formula is C14H22O9S2. The van der Waals surface area contributed by atoms with Gasteiger partial charge >= 0.3 is 20.8 Å². The van der Waals surface area contributed by atoms with E-state index in [1.165, 1.54) is 0 Å². The molecule has 0 aliphatic carbocycles. The first kappa shape index (κ1) is 22.0. The number of hydrogen-bond donors (Lipinski definition) is 2. The Labute approximate surface area is 147 Å². The maximum absolute atomic E-state index is 11.1. The summed E-state index contributed by atoms with van der Waals surface area (Å²) in [6, 6.07) is 8.83. The van der Waals surface area contributed by atoms with Crippen LogP contribution >= 0.6 is 0 Å². The van der Waals surface area contributed by atoms with Crippen LogP contribution < -0.4 is 0 Å². The quantitative estimate of drug-likeness (QED) is 0.533. The minimum absolute atomic E-state index is 0.0176. The van der Waals surface area contributed by atoms with Crippen molar-refractivity contribution in [1.82, 2.24) is 0 Å². The summed E-state index contributed by atoms with van der Waals surface area (Å²) in [6.07, 6.45) is -2.25. The summed E-state index contributed by atoms with van der Waals surface area (Å²) in [5.41, 5.74) is 0.745. The van der Waals surface area contributed by atoms with Crippen molar-refractivity contribution in [2.24, 2.45) is 5.92 Å². The highest BCUT2D eigenvalue weighted by atomic mass is 32.3. The summed E-state index contributed by atoms with van der Waals surface area (Å²) in [7, 11) is -9.55. The Bertz CT molecular complexity index is 714. The zero-order valence-electron chi connectivity index (χ0n) is 13.8. The fourth-order valence-electron chi connectivity index (χ4n) is 2.07. The van der Waals surface area contributed by atoms with Crippen molar-refractivity contribution < 1.29 is 39.0 Å². The monoisotopic (exact) mass is 398 g/mol. The number of hydrogen-bond acceptors (Lipinski definition) is 7. The van der Waals surface area contributed by atoms with Gasteiger partial charge in [0.2, 0.25) is 0 Å². The summed E-state index contributed by atoms with van der Waals surface area (Å²) in [5.74, 6) is -0.0553. The SMILES string of the molecule is CC(C)CC(OS(=O)(=O)O)C(COS(=O)(=O)O)OCc1ccccc1. The Hall–Kier alpha value is -1.08. The third-order valence-corrected chi connectivity index (χ3v) is 3.98. The summed E-state index contributed by atoms with van der Waals surface area (Å²) in [4.78, 5) is 0. The highest BCUT2D eigenvalue weighted by molar-refractivity contribution is 7.81. The normalized spacial score (nSPS) is 15.2. The number of benzene rings is 1. The van der Waals surface area contributed by atoms with Gasteiger partial charge in [0.25, 0.3) is 0 Å². The van der Waals surface area contributed by atoms with E-state index in [9.17, 15) is 16.8 Å². The zero-order valence-corrected chi connectivity index (χ0v) is 15.4. The second-order valence-corrected chi connectivity index (χ2v) is 7.88. The summed E-state index contributed by atoms with van der Waals surface area (Å²) in [6.45, 7) is 2.89. The van der Waals surface area contributed by atoms with Gasteiger partial charge in [0.15, 0.2) is 0 Å². The van der Waals surface area contributed by atoms with E-state index in [1.807, 2.05) is 0 Å². The van der Waals surface area contributed by atoms with E-state index in [4.69, 9.17) is 13.8 Å². The summed E-state index contributed by atoms with van der Waals surface area (Å²) < 4.78 is 75.9. The van der Waals surface area contributed by atoms with Crippen molar-refractivity contribution in [3.05, 3.63) is 35.9 Å². The van der Waals surface area contributed by atoms with E-state index in [-0.39, 0.29) is 18.9 Å². The van der Waals surface area contributed by atoms with Crippen LogP contribution in [0, 0.1) is 5.92 Å². The molecule has 1 rings (SSSR count). The van der Waals surface area contributed by atoms with Gasteiger partial charge < -0.3 is 4.74 Å². The highest BCUT2D eigenvalue weighted by Gasteiger charge is 2.30. The lowest BCUT2D eigenvalue weighted by Gasteiger charge is -2.26. The van der Waals surface area contributed by atoms with E-state index in [2.05, 4.69) is 8.37 Å². The minimum atomic E-state index is -4.80. The summed E-state index contributed by atoms with van der Waals surface area (Å²) in [5, 5.41) is 0. The standard InChI is InChI=1S/C14H22O9S2/c1-11(2)8-13(23-25(18,19)20)14(10-22-24(15,16)17)21-9-12-6-4-3-5-7-12/h3-7,11,13-14H,8-10H2,1-2H3,(H,15,16,17)(H,18,19,20). The van der Waals surface area contributed by atoms with Gasteiger partial charge in [0.05, 0.1) is 13.2 Å². The molecule has 9 nitrogen and oxygen atoms in total. The van der Waals surface area contributed by atoms with Gasteiger partial charge in [0.1, 0.15) is 12.2 Å². The molecule has 0 bridgehead atoms. The minimum Gasteiger partial charge on any atom is -0.368 e. The van der Waals surface area contributed by atoms with Crippen molar-refractivity contribution in [1.29, 1.82) is 0 Å². The average Bonchev–Trinajstić information content (AvgIpc) is 2.44. The van der Waals surface area contributed by atoms with Crippen LogP contribution in [0.3, 0.4) is 0 Å². The first-order valence-corrected chi connectivity index (χ1v) is 10.1. The van der Waals surface area contributed by atoms with Crippen LogP contribution in [-0.2, 0) is 40.5 Å². The van der Waals surface area contributed by atoms with Gasteiger partial charge in [-0.1, -0.05) is 44.2 Å². The molecule has 0 aromatic heterocycles. The second-order valence-electron chi connectivity index (χ2n) is 5.74. The highest BCUT2D eigenvalue weighted by Crippen LogP contribution is 2.19. The molecule has 11 heteroatoms. The van der Waals surface area contributed by atoms with Crippen molar-refractivity contribution in [3.63, 3.8) is 0 Å². The van der Waals surface area contributed by atoms with Gasteiger partial charge in [-0.15, -0.1) is 0 Å². The molecule has 144 valence electrons. The van der Waals surface area contributed by atoms with E-state index in [0.29, 0.717) is 0 Å². The summed E-state index contributed by atoms with van der Waals surface area (Å²) >= 11 is 0. The van der Waals surface area contributed by atoms with Gasteiger partial charge in [0, 0.05) is 0 Å². The molecule has 0 saturated heterocycles. The van der Waals surface area contributed by atoms with Crippen LogP contribution in [0.5, 0.6) is 0 Å². The van der Waals surface area contributed by atoms with Gasteiger partial charge in [-0.3, -0.25) is 9.11 Å². The molecule has 0 heterocycles. The predicted octanol–water partition coefficient (Wildman–Crippen LogP) is 1.63. The van der Waals surface area contributed by atoms with E-state index in [1.54, 1.807) is 44.2 Å². The molecule has 0 saturated carbocycles. The first-order valence-electron chi connectivity index (χ1n) is 7.39. The lowest BCUT2D eigenvalue weighted by atomic mass is 10.0. The Morgan fingerprint density at radius 1 is 0.960 bits per heavy atom. The predicted molar refractivity (Wildman–Crippen MR) is 88.4 cm³/mol. The van der Waals surface area contributed by atoms with Gasteiger partial charge in [-0.05, 0) is 17.9 Å². The molecular weight excluding hydrogens is 376 g/mol. The fourth-order valence-corrected chi connectivity index (χ4v) is 2.89. The average molecular weight is 398 g/mol. The molecule has 0 spiro atoms. The molecule has 25 heavy (non-hydrogen) atoms. The van der Waals surface area contributed by atoms with E-state index in [0.717, 1.165) is 5.56 Å². The molecule has 1 aromatic carbocycles.